The van der Waals surface area contributed by atoms with E-state index < -0.39 is 11.8 Å². The first-order chi connectivity index (χ1) is 11.5. The maximum Gasteiger partial charge on any atom is 0.342 e. The summed E-state index contributed by atoms with van der Waals surface area (Å²) in [7, 11) is 0. The van der Waals surface area contributed by atoms with Crippen LogP contribution in [0.3, 0.4) is 0 Å². The molecule has 1 aliphatic heterocycles. The molecule has 0 bridgehead atoms. The molecular weight excluding hydrogens is 311 g/mol. The number of nitrogens with zero attached hydrogens (tertiary/aromatic N) is 1. The number of benzene rings is 1. The first-order valence-corrected chi connectivity index (χ1v) is 7.98. The van der Waals surface area contributed by atoms with Crippen molar-refractivity contribution in [3.63, 3.8) is 0 Å². The van der Waals surface area contributed by atoms with Gasteiger partial charge in [-0.05, 0) is 44.4 Å². The largest absolute Gasteiger partial charge is 0.462 e. The number of esters is 1. The highest BCUT2D eigenvalue weighted by Gasteiger charge is 2.25. The van der Waals surface area contributed by atoms with Crippen molar-refractivity contribution in [2.24, 2.45) is 0 Å². The number of pyridine rings is 1. The van der Waals surface area contributed by atoms with Crippen LogP contribution < -0.4 is 10.9 Å². The maximum atomic E-state index is 14.1. The first-order valence-electron chi connectivity index (χ1n) is 7.98. The summed E-state index contributed by atoms with van der Waals surface area (Å²) in [5.74, 6) is -0.941. The summed E-state index contributed by atoms with van der Waals surface area (Å²) in [6.45, 7) is 4.33. The van der Waals surface area contributed by atoms with Crippen molar-refractivity contribution in [3.8, 4) is 0 Å². The van der Waals surface area contributed by atoms with Gasteiger partial charge in [-0.1, -0.05) is 6.07 Å². The predicted molar refractivity (Wildman–Crippen MR) is 89.4 cm³/mol. The second-order valence-electron chi connectivity index (χ2n) is 5.80. The molecule has 1 aromatic heterocycles. The molecule has 0 aliphatic carbocycles. The zero-order valence-electron chi connectivity index (χ0n) is 13.7. The number of aromatic nitrogens is 1. The molecule has 2 heterocycles. The van der Waals surface area contributed by atoms with E-state index in [2.05, 4.69) is 5.32 Å². The Bertz CT molecular complexity index is 858. The number of carbonyl (C=O) groups excluding carboxylic acids is 1. The topological polar surface area (TPSA) is 60.3 Å². The van der Waals surface area contributed by atoms with Gasteiger partial charge in [0.2, 0.25) is 0 Å². The van der Waals surface area contributed by atoms with Crippen LogP contribution in [-0.4, -0.2) is 17.1 Å². The molecule has 0 radical (unpaired) electrons. The second kappa shape index (κ2) is 6.47. The summed E-state index contributed by atoms with van der Waals surface area (Å²) >= 11 is 0. The van der Waals surface area contributed by atoms with Crippen LogP contribution in [0, 0.1) is 12.7 Å². The Labute approximate surface area is 139 Å². The fourth-order valence-electron chi connectivity index (χ4n) is 3.00. The molecule has 126 valence electrons. The van der Waals surface area contributed by atoms with Crippen LogP contribution >= 0.6 is 0 Å². The van der Waals surface area contributed by atoms with E-state index in [0.717, 1.165) is 12.0 Å². The average molecular weight is 330 g/mol. The summed E-state index contributed by atoms with van der Waals surface area (Å²) in [6.07, 6.45) is 1.42. The highest BCUT2D eigenvalue weighted by molar-refractivity contribution is 5.97. The van der Waals surface area contributed by atoms with Crippen LogP contribution in [0.1, 0.15) is 35.0 Å². The van der Waals surface area contributed by atoms with Crippen LogP contribution in [0.15, 0.2) is 29.1 Å². The van der Waals surface area contributed by atoms with E-state index in [9.17, 15) is 14.0 Å². The smallest absolute Gasteiger partial charge is 0.342 e. The second-order valence-corrected chi connectivity index (χ2v) is 5.80. The van der Waals surface area contributed by atoms with E-state index in [4.69, 9.17) is 4.74 Å². The molecule has 6 heteroatoms. The molecule has 0 unspecified atom stereocenters. The molecule has 5 nitrogen and oxygen atoms in total. The third-order valence-corrected chi connectivity index (χ3v) is 4.09. The molecule has 0 atom stereocenters. The van der Waals surface area contributed by atoms with E-state index in [0.29, 0.717) is 24.2 Å². The van der Waals surface area contributed by atoms with E-state index in [-0.39, 0.29) is 23.5 Å². The zero-order chi connectivity index (χ0) is 17.3. The molecule has 24 heavy (non-hydrogen) atoms. The molecule has 0 saturated heterocycles. The van der Waals surface area contributed by atoms with Crippen molar-refractivity contribution in [2.45, 2.75) is 33.2 Å². The van der Waals surface area contributed by atoms with Gasteiger partial charge in [-0.25, -0.2) is 9.18 Å². The number of hydrogen-bond acceptors (Lipinski definition) is 4. The van der Waals surface area contributed by atoms with E-state index in [1.807, 2.05) is 0 Å². The lowest BCUT2D eigenvalue weighted by atomic mass is 10.1. The molecule has 0 spiro atoms. The Hall–Kier alpha value is -2.63. The maximum absolute atomic E-state index is 14.1. The highest BCUT2D eigenvalue weighted by Crippen LogP contribution is 2.28. The monoisotopic (exact) mass is 330 g/mol. The van der Waals surface area contributed by atoms with Crippen LogP contribution in [0.25, 0.3) is 0 Å². The minimum atomic E-state index is -0.502. The Balaban J connectivity index is 2.11. The van der Waals surface area contributed by atoms with Crippen LogP contribution in [0.4, 0.5) is 15.8 Å². The Morgan fingerprint density at radius 3 is 2.83 bits per heavy atom. The number of aryl methyl sites for hydroxylation is 1. The van der Waals surface area contributed by atoms with Gasteiger partial charge in [-0.2, -0.15) is 0 Å². The molecule has 1 aromatic carbocycles. The Morgan fingerprint density at radius 2 is 2.12 bits per heavy atom. The third-order valence-electron chi connectivity index (χ3n) is 4.09. The van der Waals surface area contributed by atoms with Crippen molar-refractivity contribution in [2.75, 3.05) is 11.9 Å². The van der Waals surface area contributed by atoms with Crippen molar-refractivity contribution in [3.05, 3.63) is 57.3 Å². The predicted octanol–water partition coefficient (Wildman–Crippen LogP) is 3.16. The van der Waals surface area contributed by atoms with Crippen LogP contribution in [0.2, 0.25) is 0 Å². The van der Waals surface area contributed by atoms with Gasteiger partial charge in [-0.3, -0.25) is 4.79 Å². The van der Waals surface area contributed by atoms with Crippen molar-refractivity contribution >= 4 is 17.3 Å². The molecule has 0 fully saturated rings. The van der Waals surface area contributed by atoms with E-state index in [1.54, 1.807) is 30.5 Å². The molecule has 0 amide bonds. The van der Waals surface area contributed by atoms with Gasteiger partial charge < -0.3 is 14.6 Å². The minimum Gasteiger partial charge on any atom is -0.462 e. The van der Waals surface area contributed by atoms with Gasteiger partial charge >= 0.3 is 5.97 Å². The summed E-state index contributed by atoms with van der Waals surface area (Å²) in [4.78, 5) is 24.7. The lowest BCUT2D eigenvalue weighted by molar-refractivity contribution is 0.0525. The van der Waals surface area contributed by atoms with Gasteiger partial charge in [0.15, 0.2) is 0 Å². The van der Waals surface area contributed by atoms with Crippen molar-refractivity contribution in [1.29, 1.82) is 0 Å². The number of hydrogen-bond donors (Lipinski definition) is 1. The van der Waals surface area contributed by atoms with Crippen molar-refractivity contribution < 1.29 is 13.9 Å². The summed E-state index contributed by atoms with van der Waals surface area (Å²) in [6, 6.07) is 6.08. The van der Waals surface area contributed by atoms with E-state index in [1.165, 1.54) is 12.1 Å². The van der Waals surface area contributed by atoms with Crippen LogP contribution in [0.5, 0.6) is 0 Å². The fourth-order valence-corrected chi connectivity index (χ4v) is 3.00. The lowest BCUT2D eigenvalue weighted by Crippen LogP contribution is -2.24. The molecule has 2 aromatic rings. The number of anilines is 2. The Morgan fingerprint density at radius 1 is 1.33 bits per heavy atom. The number of halogens is 1. The highest BCUT2D eigenvalue weighted by atomic mass is 19.1. The summed E-state index contributed by atoms with van der Waals surface area (Å²) in [5.41, 5.74) is 2.05. The van der Waals surface area contributed by atoms with Gasteiger partial charge in [-0.15, -0.1) is 0 Å². The number of carbonyl (C=O) groups is 1. The lowest BCUT2D eigenvalue weighted by Gasteiger charge is -2.16. The van der Waals surface area contributed by atoms with Crippen LogP contribution in [-0.2, 0) is 17.7 Å². The average Bonchev–Trinajstić information content (AvgIpc) is 3.00. The molecule has 1 N–H and O–H groups in total. The fraction of sp³-hybridized carbons (Fsp3) is 0.333. The first kappa shape index (κ1) is 16.2. The van der Waals surface area contributed by atoms with Gasteiger partial charge in [0, 0.05) is 18.3 Å². The number of fused-ring (bicyclic) bond motifs is 1. The standard InChI is InChI=1S/C18H19FN2O3/c1-3-24-18(23)17-14(10-16(22)21-8-4-5-15(17)21)20-13-7-6-11(2)9-12(13)19/h6-7,9-10,20H,3-5,8H2,1-2H3. The normalized spacial score (nSPS) is 12.8. The van der Waals surface area contributed by atoms with E-state index >= 15 is 0 Å². The quantitative estimate of drug-likeness (QED) is 0.875. The SMILES string of the molecule is CCOC(=O)c1c(Nc2ccc(C)cc2F)cc(=O)n2c1CCC2. The van der Waals surface area contributed by atoms with Crippen molar-refractivity contribution in [1.82, 2.24) is 4.57 Å². The number of rotatable bonds is 4. The molecular formula is C18H19FN2O3. The number of nitrogens with one attached hydrogen (secondary N) is 1. The molecule has 3 rings (SSSR count). The summed E-state index contributed by atoms with van der Waals surface area (Å²) in [5, 5.41) is 2.89. The van der Waals surface area contributed by atoms with Gasteiger partial charge in [0.1, 0.15) is 11.4 Å². The Kier molecular flexibility index (Phi) is 4.38. The zero-order valence-corrected chi connectivity index (χ0v) is 13.7. The third kappa shape index (κ3) is 2.91. The summed E-state index contributed by atoms with van der Waals surface area (Å²) < 4.78 is 20.8. The minimum absolute atomic E-state index is 0.203. The van der Waals surface area contributed by atoms with Gasteiger partial charge in [0.25, 0.3) is 5.56 Å². The molecule has 0 saturated carbocycles. The molecule has 1 aliphatic rings. The number of ether oxygens (including phenoxy) is 1. The van der Waals surface area contributed by atoms with Gasteiger partial charge in [0.05, 0.1) is 18.0 Å².